The van der Waals surface area contributed by atoms with Crippen molar-refractivity contribution in [2.75, 3.05) is 7.11 Å². The molecule has 0 N–H and O–H groups in total. The van der Waals surface area contributed by atoms with Crippen LogP contribution >= 0.6 is 15.9 Å². The zero-order chi connectivity index (χ0) is 20.0. The number of ether oxygens (including phenoxy) is 1. The van der Waals surface area contributed by atoms with Crippen molar-refractivity contribution >= 4 is 32.7 Å². The van der Waals surface area contributed by atoms with Crippen molar-refractivity contribution in [3.05, 3.63) is 58.0 Å². The SMILES string of the molecule is CC.CCCc1cccc(-c2cc3c(Br)nc(C(=O)OC)c(C)c3cn2)c1. The van der Waals surface area contributed by atoms with Crippen molar-refractivity contribution in [3.8, 4) is 11.3 Å². The van der Waals surface area contributed by atoms with Gasteiger partial charge in [0.05, 0.1) is 12.8 Å². The molecule has 0 spiro atoms. The Morgan fingerprint density at radius 2 is 1.93 bits per heavy atom. The summed E-state index contributed by atoms with van der Waals surface area (Å²) in [6, 6.07) is 10.4. The molecule has 0 bridgehead atoms. The van der Waals surface area contributed by atoms with Crippen LogP contribution in [0.3, 0.4) is 0 Å². The van der Waals surface area contributed by atoms with E-state index in [9.17, 15) is 4.79 Å². The third kappa shape index (κ3) is 4.53. The van der Waals surface area contributed by atoms with Gasteiger partial charge in [-0.05, 0) is 52.5 Å². The molecule has 0 aliphatic heterocycles. The standard InChI is InChI=1S/C20H19BrN2O2.C2H6/c1-4-6-13-7-5-8-14(9-13)17-10-15-16(11-22-17)12(2)18(20(24)25-3)23-19(15)21;1-2/h5,7-11H,4,6H2,1-3H3;1-2H3. The van der Waals surface area contributed by atoms with E-state index in [4.69, 9.17) is 4.74 Å². The Bertz CT molecular complexity index is 954. The lowest BCUT2D eigenvalue weighted by molar-refractivity contribution is 0.0593. The predicted octanol–water partition coefficient (Wildman–Crippen LogP) is 6.13. The lowest BCUT2D eigenvalue weighted by atomic mass is 10.0. The summed E-state index contributed by atoms with van der Waals surface area (Å²) in [5, 5.41) is 1.81. The average Bonchev–Trinajstić information content (AvgIpc) is 2.71. The van der Waals surface area contributed by atoms with Crippen molar-refractivity contribution in [1.29, 1.82) is 0 Å². The van der Waals surface area contributed by atoms with E-state index < -0.39 is 5.97 Å². The molecule has 0 radical (unpaired) electrons. The van der Waals surface area contributed by atoms with Crippen LogP contribution in [0.25, 0.3) is 22.0 Å². The van der Waals surface area contributed by atoms with Crippen LogP contribution in [0.15, 0.2) is 41.1 Å². The summed E-state index contributed by atoms with van der Waals surface area (Å²) in [5.41, 5.74) is 4.34. The van der Waals surface area contributed by atoms with Crippen LogP contribution < -0.4 is 0 Å². The van der Waals surface area contributed by atoms with Gasteiger partial charge in [0.1, 0.15) is 4.60 Å². The van der Waals surface area contributed by atoms with Gasteiger partial charge in [0, 0.05) is 22.5 Å². The number of hydrogen-bond donors (Lipinski definition) is 0. The van der Waals surface area contributed by atoms with Gasteiger partial charge in [-0.3, -0.25) is 4.98 Å². The van der Waals surface area contributed by atoms with Crippen LogP contribution in [0.4, 0.5) is 0 Å². The Hall–Kier alpha value is -2.27. The van der Waals surface area contributed by atoms with Crippen molar-refractivity contribution in [1.82, 2.24) is 9.97 Å². The van der Waals surface area contributed by atoms with E-state index in [1.54, 1.807) is 6.20 Å². The summed E-state index contributed by atoms with van der Waals surface area (Å²) in [6.07, 6.45) is 3.96. The van der Waals surface area contributed by atoms with Gasteiger partial charge in [-0.25, -0.2) is 9.78 Å². The second-order valence-electron chi connectivity index (χ2n) is 5.93. The lowest BCUT2D eigenvalue weighted by Crippen LogP contribution is -2.08. The maximum Gasteiger partial charge on any atom is 0.356 e. The maximum absolute atomic E-state index is 11.9. The second kappa shape index (κ2) is 9.60. The fraction of sp³-hybridized carbons (Fsp3) is 0.318. The highest BCUT2D eigenvalue weighted by Gasteiger charge is 2.17. The number of carbonyl (C=O) groups is 1. The van der Waals surface area contributed by atoms with Crippen LogP contribution in [0.2, 0.25) is 0 Å². The Labute approximate surface area is 169 Å². The average molecular weight is 429 g/mol. The fourth-order valence-electron chi connectivity index (χ4n) is 2.92. The quantitative estimate of drug-likeness (QED) is 0.370. The molecule has 0 amide bonds. The number of pyridine rings is 2. The van der Waals surface area contributed by atoms with Crippen LogP contribution in [-0.4, -0.2) is 23.0 Å². The largest absolute Gasteiger partial charge is 0.464 e. The smallest absolute Gasteiger partial charge is 0.356 e. The van der Waals surface area contributed by atoms with Gasteiger partial charge in [0.25, 0.3) is 0 Å². The first-order chi connectivity index (χ1) is 13.0. The normalized spacial score (nSPS) is 10.3. The Kier molecular flexibility index (Phi) is 7.48. The first-order valence-corrected chi connectivity index (χ1v) is 9.98. The molecule has 0 saturated carbocycles. The molecule has 2 aromatic heterocycles. The van der Waals surface area contributed by atoms with Gasteiger partial charge in [0.2, 0.25) is 0 Å². The number of rotatable bonds is 4. The monoisotopic (exact) mass is 428 g/mol. The molecule has 1 aromatic carbocycles. The molecule has 142 valence electrons. The van der Waals surface area contributed by atoms with Crippen LogP contribution in [0, 0.1) is 6.92 Å². The highest BCUT2D eigenvalue weighted by Crippen LogP contribution is 2.30. The first kappa shape index (κ1) is 21.0. The van der Waals surface area contributed by atoms with E-state index in [1.807, 2.05) is 26.8 Å². The van der Waals surface area contributed by atoms with Crippen LogP contribution in [0.5, 0.6) is 0 Å². The van der Waals surface area contributed by atoms with Crippen molar-refractivity contribution in [3.63, 3.8) is 0 Å². The highest BCUT2D eigenvalue weighted by atomic mass is 79.9. The number of fused-ring (bicyclic) bond motifs is 1. The Balaban J connectivity index is 0.00000126. The zero-order valence-electron chi connectivity index (χ0n) is 16.5. The summed E-state index contributed by atoms with van der Waals surface area (Å²) in [6.45, 7) is 8.03. The molecule has 0 atom stereocenters. The third-order valence-electron chi connectivity index (χ3n) is 4.24. The molecule has 5 heteroatoms. The van der Waals surface area contributed by atoms with E-state index >= 15 is 0 Å². The molecule has 0 fully saturated rings. The molecule has 0 saturated heterocycles. The van der Waals surface area contributed by atoms with Gasteiger partial charge in [-0.1, -0.05) is 45.4 Å². The number of methoxy groups -OCH3 is 1. The summed E-state index contributed by atoms with van der Waals surface area (Å²) in [7, 11) is 1.35. The molecule has 3 aromatic rings. The third-order valence-corrected chi connectivity index (χ3v) is 4.84. The number of carbonyl (C=O) groups excluding carboxylic acids is 1. The molecule has 0 aliphatic carbocycles. The number of esters is 1. The molecule has 2 heterocycles. The molecular weight excluding hydrogens is 404 g/mol. The zero-order valence-corrected chi connectivity index (χ0v) is 18.1. The van der Waals surface area contributed by atoms with E-state index in [1.165, 1.54) is 12.7 Å². The molecule has 0 aliphatic rings. The van der Waals surface area contributed by atoms with E-state index in [2.05, 4.69) is 57.1 Å². The number of halogens is 1. The van der Waals surface area contributed by atoms with Crippen molar-refractivity contribution < 1.29 is 9.53 Å². The number of aryl methyl sites for hydroxylation is 2. The highest BCUT2D eigenvalue weighted by molar-refractivity contribution is 9.10. The summed E-state index contributed by atoms with van der Waals surface area (Å²) in [5.74, 6) is -0.448. The fourth-order valence-corrected chi connectivity index (χ4v) is 3.43. The maximum atomic E-state index is 11.9. The summed E-state index contributed by atoms with van der Waals surface area (Å²) < 4.78 is 5.42. The number of nitrogens with zero attached hydrogens (tertiary/aromatic N) is 2. The number of hydrogen-bond acceptors (Lipinski definition) is 4. The molecule has 27 heavy (non-hydrogen) atoms. The van der Waals surface area contributed by atoms with Crippen LogP contribution in [0.1, 0.15) is 48.8 Å². The predicted molar refractivity (Wildman–Crippen MR) is 114 cm³/mol. The van der Waals surface area contributed by atoms with Crippen molar-refractivity contribution in [2.24, 2.45) is 0 Å². The summed E-state index contributed by atoms with van der Waals surface area (Å²) in [4.78, 5) is 20.9. The Morgan fingerprint density at radius 1 is 1.19 bits per heavy atom. The van der Waals surface area contributed by atoms with Gasteiger partial charge >= 0.3 is 5.97 Å². The minimum atomic E-state index is -0.448. The van der Waals surface area contributed by atoms with E-state index in [0.29, 0.717) is 10.3 Å². The molecule has 0 unspecified atom stereocenters. The van der Waals surface area contributed by atoms with E-state index in [0.717, 1.165) is 40.4 Å². The number of aromatic nitrogens is 2. The number of benzene rings is 1. The second-order valence-corrected chi connectivity index (χ2v) is 6.68. The van der Waals surface area contributed by atoms with Gasteiger partial charge < -0.3 is 4.74 Å². The van der Waals surface area contributed by atoms with Gasteiger partial charge in [-0.15, -0.1) is 0 Å². The topological polar surface area (TPSA) is 52.1 Å². The minimum absolute atomic E-state index is 0.307. The minimum Gasteiger partial charge on any atom is -0.464 e. The van der Waals surface area contributed by atoms with Gasteiger partial charge in [-0.2, -0.15) is 0 Å². The van der Waals surface area contributed by atoms with Crippen LogP contribution in [-0.2, 0) is 11.2 Å². The summed E-state index contributed by atoms with van der Waals surface area (Å²) >= 11 is 3.48. The Morgan fingerprint density at radius 3 is 2.59 bits per heavy atom. The van der Waals surface area contributed by atoms with Gasteiger partial charge in [0.15, 0.2) is 5.69 Å². The molecule has 4 nitrogen and oxygen atoms in total. The lowest BCUT2D eigenvalue weighted by Gasteiger charge is -2.11. The van der Waals surface area contributed by atoms with E-state index in [-0.39, 0.29) is 0 Å². The van der Waals surface area contributed by atoms with Crippen molar-refractivity contribution in [2.45, 2.75) is 40.5 Å². The molecular formula is C22H25BrN2O2. The first-order valence-electron chi connectivity index (χ1n) is 9.18. The molecule has 3 rings (SSSR count).